The number of nitrogens with zero attached hydrogens (tertiary/aromatic N) is 2. The highest BCUT2D eigenvalue weighted by molar-refractivity contribution is 5.97. The van der Waals surface area contributed by atoms with Gasteiger partial charge in [0.2, 0.25) is 5.91 Å². The Morgan fingerprint density at radius 3 is 2.86 bits per heavy atom. The number of hydrazine groups is 1. The number of nitrogens with two attached hydrogens (primary N) is 1. The number of aromatic amines is 1. The van der Waals surface area contributed by atoms with E-state index in [1.54, 1.807) is 37.3 Å². The number of aromatic nitrogens is 2. The van der Waals surface area contributed by atoms with Gasteiger partial charge in [0.25, 0.3) is 5.91 Å². The van der Waals surface area contributed by atoms with E-state index in [0.29, 0.717) is 16.9 Å². The topological polar surface area (TPSA) is 164 Å². The molecule has 11 heteroatoms. The molecule has 1 aromatic heterocycles. The van der Waals surface area contributed by atoms with Crippen LogP contribution in [-0.2, 0) is 14.3 Å². The number of hydrogen-bond donors (Lipinski definition) is 5. The summed E-state index contributed by atoms with van der Waals surface area (Å²) in [5.41, 5.74) is 3.68. The maximum absolute atomic E-state index is 12.3. The summed E-state index contributed by atoms with van der Waals surface area (Å²) in [5, 5.41) is 11.8. The first kappa shape index (κ1) is 21.6. The zero-order valence-electron chi connectivity index (χ0n) is 15.8. The molecule has 0 bridgehead atoms. The summed E-state index contributed by atoms with van der Waals surface area (Å²) in [5.74, 6) is 3.75. The third-order valence-corrected chi connectivity index (χ3v) is 3.72. The van der Waals surface area contributed by atoms with Crippen LogP contribution in [0.2, 0.25) is 0 Å². The van der Waals surface area contributed by atoms with Crippen molar-refractivity contribution in [3.8, 4) is 0 Å². The predicted molar refractivity (Wildman–Crippen MR) is 105 cm³/mol. The largest absolute Gasteiger partial charge is 0.466 e. The maximum atomic E-state index is 12.3. The number of ether oxygens (including phenoxy) is 1. The molecule has 0 fully saturated rings. The van der Waals surface area contributed by atoms with Crippen molar-refractivity contribution in [1.82, 2.24) is 26.3 Å². The standard InChI is InChI=1S/C18H23N7O4/c1-2-29-17(27)9-15(14-6-7-23-25-14)24-16(26)10-20-18(28)12-4-3-5-13(8-12)21-11-22-19/h3-8,11,15H,2,9-10,19H2,1H3,(H,20,28)(H,21,22)(H,23,25)(H,24,26). The van der Waals surface area contributed by atoms with E-state index in [0.717, 1.165) is 0 Å². The second-order valence-electron chi connectivity index (χ2n) is 5.80. The first-order chi connectivity index (χ1) is 14.0. The van der Waals surface area contributed by atoms with E-state index in [1.807, 2.05) is 0 Å². The Bertz CT molecular complexity index is 852. The van der Waals surface area contributed by atoms with Crippen LogP contribution in [0.1, 0.15) is 35.4 Å². The van der Waals surface area contributed by atoms with Crippen molar-refractivity contribution in [3.63, 3.8) is 0 Å². The summed E-state index contributed by atoms with van der Waals surface area (Å²) in [7, 11) is 0. The fourth-order valence-corrected chi connectivity index (χ4v) is 2.43. The Balaban J connectivity index is 1.93. The normalized spacial score (nSPS) is 11.7. The molecular formula is C18H23N7O4. The third kappa shape index (κ3) is 7.07. The number of hydrogen-bond acceptors (Lipinski definition) is 7. The number of rotatable bonds is 10. The molecule has 0 aliphatic carbocycles. The highest BCUT2D eigenvalue weighted by atomic mass is 16.5. The van der Waals surface area contributed by atoms with Crippen LogP contribution >= 0.6 is 0 Å². The van der Waals surface area contributed by atoms with E-state index >= 15 is 0 Å². The van der Waals surface area contributed by atoms with Gasteiger partial charge in [0, 0.05) is 11.8 Å². The van der Waals surface area contributed by atoms with Gasteiger partial charge in [-0.25, -0.2) is 10.8 Å². The number of nitrogens with one attached hydrogen (secondary N) is 4. The SMILES string of the molecule is CCOC(=O)CC(NC(=O)CNC(=O)c1cccc(N=CNN)c1)c1ccn[nH]1. The zero-order chi connectivity index (χ0) is 21.1. The summed E-state index contributed by atoms with van der Waals surface area (Å²) in [6, 6.07) is 7.49. The molecular weight excluding hydrogens is 378 g/mol. The minimum absolute atomic E-state index is 0.0645. The van der Waals surface area contributed by atoms with Crippen molar-refractivity contribution in [1.29, 1.82) is 0 Å². The molecule has 1 atom stereocenters. The number of benzene rings is 1. The van der Waals surface area contributed by atoms with Gasteiger partial charge in [-0.2, -0.15) is 5.10 Å². The number of carbonyl (C=O) groups excluding carboxylic acids is 3. The molecule has 1 unspecified atom stereocenters. The Morgan fingerprint density at radius 2 is 2.17 bits per heavy atom. The highest BCUT2D eigenvalue weighted by Gasteiger charge is 2.20. The van der Waals surface area contributed by atoms with Crippen LogP contribution < -0.4 is 21.9 Å². The van der Waals surface area contributed by atoms with Crippen molar-refractivity contribution in [3.05, 3.63) is 47.8 Å². The monoisotopic (exact) mass is 401 g/mol. The van der Waals surface area contributed by atoms with Crippen LogP contribution in [0.3, 0.4) is 0 Å². The summed E-state index contributed by atoms with van der Waals surface area (Å²) >= 11 is 0. The molecule has 1 heterocycles. The number of esters is 1. The minimum atomic E-state index is -0.651. The van der Waals surface area contributed by atoms with Crippen molar-refractivity contribution in [2.24, 2.45) is 10.8 Å². The molecule has 0 aliphatic heterocycles. The van der Waals surface area contributed by atoms with E-state index in [4.69, 9.17) is 10.6 Å². The van der Waals surface area contributed by atoms with Gasteiger partial charge < -0.3 is 20.8 Å². The van der Waals surface area contributed by atoms with Crippen LogP contribution in [0.15, 0.2) is 41.5 Å². The molecule has 11 nitrogen and oxygen atoms in total. The van der Waals surface area contributed by atoms with Crippen molar-refractivity contribution < 1.29 is 19.1 Å². The smallest absolute Gasteiger partial charge is 0.308 e. The van der Waals surface area contributed by atoms with Gasteiger partial charge in [0.05, 0.1) is 37.0 Å². The lowest BCUT2D eigenvalue weighted by Crippen LogP contribution is -2.39. The lowest BCUT2D eigenvalue weighted by Gasteiger charge is -2.17. The van der Waals surface area contributed by atoms with Gasteiger partial charge in [-0.15, -0.1) is 0 Å². The molecule has 2 aromatic rings. The second kappa shape index (κ2) is 11.2. The number of amides is 2. The Kier molecular flexibility index (Phi) is 8.32. The van der Waals surface area contributed by atoms with Gasteiger partial charge in [-0.3, -0.25) is 19.5 Å². The molecule has 0 saturated heterocycles. The van der Waals surface area contributed by atoms with Crippen LogP contribution in [0.25, 0.3) is 0 Å². The Morgan fingerprint density at radius 1 is 1.34 bits per heavy atom. The Hall–Kier alpha value is -3.73. The van der Waals surface area contributed by atoms with Crippen molar-refractivity contribution in [2.75, 3.05) is 13.2 Å². The predicted octanol–water partition coefficient (Wildman–Crippen LogP) is 0.0733. The number of aliphatic imine (C=N–C) groups is 1. The van der Waals surface area contributed by atoms with Gasteiger partial charge in [-0.1, -0.05) is 6.07 Å². The van der Waals surface area contributed by atoms with Gasteiger partial charge >= 0.3 is 5.97 Å². The maximum Gasteiger partial charge on any atom is 0.308 e. The van der Waals surface area contributed by atoms with Gasteiger partial charge in [0.15, 0.2) is 0 Å². The average molecular weight is 401 g/mol. The molecule has 0 saturated carbocycles. The van der Waals surface area contributed by atoms with Crippen molar-refractivity contribution >= 4 is 29.8 Å². The summed E-state index contributed by atoms with van der Waals surface area (Å²) in [6.45, 7) is 1.66. The van der Waals surface area contributed by atoms with E-state index in [-0.39, 0.29) is 19.6 Å². The molecule has 0 spiro atoms. The molecule has 154 valence electrons. The van der Waals surface area contributed by atoms with Gasteiger partial charge in [-0.05, 0) is 31.2 Å². The second-order valence-corrected chi connectivity index (χ2v) is 5.80. The van der Waals surface area contributed by atoms with E-state index in [9.17, 15) is 14.4 Å². The zero-order valence-corrected chi connectivity index (χ0v) is 15.8. The lowest BCUT2D eigenvalue weighted by atomic mass is 10.1. The molecule has 2 amide bonds. The number of H-pyrrole nitrogens is 1. The molecule has 2 rings (SSSR count). The fraction of sp³-hybridized carbons (Fsp3) is 0.278. The van der Waals surface area contributed by atoms with Crippen LogP contribution in [0.5, 0.6) is 0 Å². The number of carbonyl (C=O) groups is 3. The van der Waals surface area contributed by atoms with Crippen LogP contribution in [0.4, 0.5) is 5.69 Å². The summed E-state index contributed by atoms with van der Waals surface area (Å²) in [6.07, 6.45) is 2.73. The Labute approximate surface area is 167 Å². The molecule has 6 N–H and O–H groups in total. The summed E-state index contributed by atoms with van der Waals surface area (Å²) < 4.78 is 4.93. The quantitative estimate of drug-likeness (QED) is 0.124. The van der Waals surface area contributed by atoms with Crippen LogP contribution in [0, 0.1) is 0 Å². The van der Waals surface area contributed by atoms with E-state index in [2.05, 4.69) is 31.2 Å². The van der Waals surface area contributed by atoms with Crippen LogP contribution in [-0.4, -0.2) is 47.5 Å². The first-order valence-electron chi connectivity index (χ1n) is 8.84. The van der Waals surface area contributed by atoms with Crippen molar-refractivity contribution in [2.45, 2.75) is 19.4 Å². The molecule has 1 aromatic carbocycles. The molecule has 0 aliphatic rings. The molecule has 29 heavy (non-hydrogen) atoms. The average Bonchev–Trinajstić information content (AvgIpc) is 3.25. The lowest BCUT2D eigenvalue weighted by molar-refractivity contribution is -0.143. The van der Waals surface area contributed by atoms with E-state index < -0.39 is 23.8 Å². The van der Waals surface area contributed by atoms with Gasteiger partial charge in [0.1, 0.15) is 6.34 Å². The summed E-state index contributed by atoms with van der Waals surface area (Å²) in [4.78, 5) is 40.3. The fourth-order valence-electron chi connectivity index (χ4n) is 2.43. The highest BCUT2D eigenvalue weighted by Crippen LogP contribution is 2.15. The third-order valence-electron chi connectivity index (χ3n) is 3.72. The van der Waals surface area contributed by atoms with E-state index in [1.165, 1.54) is 12.5 Å². The minimum Gasteiger partial charge on any atom is -0.466 e. The molecule has 0 radical (unpaired) electrons. The first-order valence-corrected chi connectivity index (χ1v) is 8.84.